The van der Waals surface area contributed by atoms with E-state index in [4.69, 9.17) is 9.51 Å². The van der Waals surface area contributed by atoms with Gasteiger partial charge in [-0.25, -0.2) is 0 Å². The lowest BCUT2D eigenvalue weighted by Gasteiger charge is -2.24. The average molecular weight is 364 g/mol. The third-order valence-corrected chi connectivity index (χ3v) is 6.13. The van der Waals surface area contributed by atoms with Gasteiger partial charge >= 0.3 is 0 Å². The number of aromatic nitrogens is 5. The first-order valence-electron chi connectivity index (χ1n) is 9.75. The highest BCUT2D eigenvalue weighted by atomic mass is 16.5. The van der Waals surface area contributed by atoms with Crippen molar-refractivity contribution in [2.75, 3.05) is 13.1 Å². The molecular weight excluding hydrogens is 340 g/mol. The van der Waals surface area contributed by atoms with Gasteiger partial charge in [-0.2, -0.15) is 10.1 Å². The van der Waals surface area contributed by atoms with Crippen LogP contribution in [0.3, 0.4) is 0 Å². The summed E-state index contributed by atoms with van der Waals surface area (Å²) in [6, 6.07) is 3.87. The molecule has 5 rings (SSSR count). The Morgan fingerprint density at radius 1 is 1.33 bits per heavy atom. The quantitative estimate of drug-likeness (QED) is 0.693. The van der Waals surface area contributed by atoms with Crippen LogP contribution in [0.15, 0.2) is 41.4 Å². The number of fused-ring (bicyclic) bond motifs is 1. The number of aryl methyl sites for hydroxylation is 1. The highest BCUT2D eigenvalue weighted by Gasteiger charge is 2.54. The van der Waals surface area contributed by atoms with Crippen molar-refractivity contribution in [1.82, 2.24) is 29.8 Å². The standard InChI is InChI=1S/C20H24N6O/c1-2-26-12-15(9-22-26)11-25-13-17-6-3-7-20(17,14-25)19-23-18(24-27-19)16-5-4-8-21-10-16/h4-5,8-10,12,17H,2-3,6-7,11,13-14H2,1H3/t17-,20-/m1/s1. The van der Waals surface area contributed by atoms with Gasteiger partial charge in [0.2, 0.25) is 11.7 Å². The van der Waals surface area contributed by atoms with Crippen molar-refractivity contribution in [2.45, 2.75) is 44.7 Å². The van der Waals surface area contributed by atoms with Gasteiger partial charge in [0, 0.05) is 55.9 Å². The Morgan fingerprint density at radius 2 is 2.30 bits per heavy atom. The summed E-state index contributed by atoms with van der Waals surface area (Å²) in [5, 5.41) is 8.66. The van der Waals surface area contributed by atoms with Crippen molar-refractivity contribution in [3.05, 3.63) is 48.4 Å². The Hall–Kier alpha value is -2.54. The molecule has 7 nitrogen and oxygen atoms in total. The van der Waals surface area contributed by atoms with Crippen LogP contribution in [0.5, 0.6) is 0 Å². The number of hydrogen-bond acceptors (Lipinski definition) is 6. The Kier molecular flexibility index (Phi) is 4.04. The van der Waals surface area contributed by atoms with E-state index in [1.807, 2.05) is 23.0 Å². The van der Waals surface area contributed by atoms with E-state index in [9.17, 15) is 0 Å². The minimum absolute atomic E-state index is 0.00574. The van der Waals surface area contributed by atoms with Crippen molar-refractivity contribution in [3.8, 4) is 11.4 Å². The van der Waals surface area contributed by atoms with E-state index in [1.54, 1.807) is 12.4 Å². The van der Waals surface area contributed by atoms with Crippen LogP contribution >= 0.6 is 0 Å². The second-order valence-electron chi connectivity index (χ2n) is 7.78. The van der Waals surface area contributed by atoms with Crippen LogP contribution in [0.2, 0.25) is 0 Å². The van der Waals surface area contributed by atoms with Gasteiger partial charge in [-0.05, 0) is 37.8 Å². The Bertz CT molecular complexity index is 919. The Balaban J connectivity index is 1.38. The van der Waals surface area contributed by atoms with E-state index >= 15 is 0 Å². The van der Waals surface area contributed by atoms with Gasteiger partial charge in [-0.1, -0.05) is 11.6 Å². The molecule has 1 aliphatic heterocycles. The summed E-state index contributed by atoms with van der Waals surface area (Å²) < 4.78 is 7.78. The highest BCUT2D eigenvalue weighted by molar-refractivity contribution is 5.52. The molecule has 0 spiro atoms. The lowest BCUT2D eigenvalue weighted by molar-refractivity contribution is 0.245. The SMILES string of the molecule is CCn1cc(CN2C[C@H]3CCC[C@@]3(c3nc(-c4cccnc4)no3)C2)cn1. The second-order valence-corrected chi connectivity index (χ2v) is 7.78. The molecule has 0 amide bonds. The van der Waals surface area contributed by atoms with Crippen LogP contribution in [-0.4, -0.2) is 42.9 Å². The summed E-state index contributed by atoms with van der Waals surface area (Å²) in [4.78, 5) is 11.5. The number of rotatable bonds is 5. The second kappa shape index (κ2) is 6.56. The fraction of sp³-hybridized carbons (Fsp3) is 0.500. The molecule has 27 heavy (non-hydrogen) atoms. The molecule has 0 N–H and O–H groups in total. The predicted octanol–water partition coefficient (Wildman–Crippen LogP) is 2.90. The first-order chi connectivity index (χ1) is 13.3. The average Bonchev–Trinajstić information content (AvgIpc) is 3.45. The largest absolute Gasteiger partial charge is 0.338 e. The monoisotopic (exact) mass is 364 g/mol. The van der Waals surface area contributed by atoms with Crippen molar-refractivity contribution >= 4 is 0 Å². The highest BCUT2D eigenvalue weighted by Crippen LogP contribution is 2.50. The number of likely N-dealkylation sites (tertiary alicyclic amines) is 1. The minimum Gasteiger partial charge on any atom is -0.338 e. The molecule has 1 saturated heterocycles. The lowest BCUT2D eigenvalue weighted by Crippen LogP contribution is -2.32. The number of nitrogens with zero attached hydrogens (tertiary/aromatic N) is 6. The van der Waals surface area contributed by atoms with Gasteiger partial charge in [-0.15, -0.1) is 0 Å². The predicted molar refractivity (Wildman–Crippen MR) is 99.7 cm³/mol. The van der Waals surface area contributed by atoms with E-state index in [0.29, 0.717) is 11.7 Å². The van der Waals surface area contributed by atoms with E-state index in [2.05, 4.69) is 33.3 Å². The van der Waals surface area contributed by atoms with Gasteiger partial charge in [0.1, 0.15) is 0 Å². The molecule has 0 bridgehead atoms. The maximum Gasteiger partial charge on any atom is 0.234 e. The maximum absolute atomic E-state index is 5.80. The van der Waals surface area contributed by atoms with E-state index < -0.39 is 0 Å². The molecule has 2 aliphatic rings. The molecule has 140 valence electrons. The summed E-state index contributed by atoms with van der Waals surface area (Å²) in [5.41, 5.74) is 2.17. The van der Waals surface area contributed by atoms with Crippen molar-refractivity contribution < 1.29 is 4.52 Å². The molecule has 7 heteroatoms. The van der Waals surface area contributed by atoms with E-state index in [-0.39, 0.29) is 5.41 Å². The maximum atomic E-state index is 5.80. The first kappa shape index (κ1) is 16.6. The van der Waals surface area contributed by atoms with Gasteiger partial charge in [0.25, 0.3) is 0 Å². The summed E-state index contributed by atoms with van der Waals surface area (Å²) in [7, 11) is 0. The van der Waals surface area contributed by atoms with Gasteiger partial charge in [0.15, 0.2) is 0 Å². The normalized spacial score (nSPS) is 25.1. The van der Waals surface area contributed by atoms with Crippen LogP contribution in [0.1, 0.15) is 37.6 Å². The van der Waals surface area contributed by atoms with E-state index in [0.717, 1.165) is 44.1 Å². The molecule has 2 fully saturated rings. The molecule has 0 unspecified atom stereocenters. The zero-order valence-corrected chi connectivity index (χ0v) is 15.6. The summed E-state index contributed by atoms with van der Waals surface area (Å²) in [6.45, 7) is 6.01. The fourth-order valence-electron chi connectivity index (χ4n) is 4.82. The van der Waals surface area contributed by atoms with Gasteiger partial charge < -0.3 is 4.52 Å². The lowest BCUT2D eigenvalue weighted by atomic mass is 9.80. The van der Waals surface area contributed by atoms with E-state index in [1.165, 1.54) is 18.4 Å². The Labute approximate surface area is 158 Å². The molecule has 0 radical (unpaired) electrons. The zero-order valence-electron chi connectivity index (χ0n) is 15.6. The van der Waals surface area contributed by atoms with Crippen LogP contribution in [-0.2, 0) is 18.5 Å². The molecular formula is C20H24N6O. The number of pyridine rings is 1. The summed E-state index contributed by atoms with van der Waals surface area (Å²) in [6.07, 6.45) is 11.3. The molecule has 1 aliphatic carbocycles. The fourth-order valence-corrected chi connectivity index (χ4v) is 4.82. The molecule has 2 atom stereocenters. The van der Waals surface area contributed by atoms with Crippen LogP contribution < -0.4 is 0 Å². The smallest absolute Gasteiger partial charge is 0.234 e. The van der Waals surface area contributed by atoms with Gasteiger partial charge in [-0.3, -0.25) is 14.6 Å². The van der Waals surface area contributed by atoms with Crippen LogP contribution in [0.4, 0.5) is 0 Å². The number of hydrogen-bond donors (Lipinski definition) is 0. The van der Waals surface area contributed by atoms with Crippen molar-refractivity contribution in [1.29, 1.82) is 0 Å². The van der Waals surface area contributed by atoms with Gasteiger partial charge in [0.05, 0.1) is 11.6 Å². The third kappa shape index (κ3) is 2.86. The molecule has 3 aromatic heterocycles. The molecule has 3 aromatic rings. The first-order valence-corrected chi connectivity index (χ1v) is 9.75. The summed E-state index contributed by atoms with van der Waals surface area (Å²) in [5.74, 6) is 2.03. The zero-order chi connectivity index (χ0) is 18.3. The van der Waals surface area contributed by atoms with Crippen molar-refractivity contribution in [3.63, 3.8) is 0 Å². The third-order valence-electron chi connectivity index (χ3n) is 6.13. The molecule has 4 heterocycles. The van der Waals surface area contributed by atoms with Crippen LogP contribution in [0, 0.1) is 5.92 Å². The van der Waals surface area contributed by atoms with Crippen LogP contribution in [0.25, 0.3) is 11.4 Å². The van der Waals surface area contributed by atoms with Crippen molar-refractivity contribution in [2.24, 2.45) is 5.92 Å². The topological polar surface area (TPSA) is 72.9 Å². The molecule has 0 aromatic carbocycles. The Morgan fingerprint density at radius 3 is 3.11 bits per heavy atom. The molecule has 1 saturated carbocycles. The summed E-state index contributed by atoms with van der Waals surface area (Å²) >= 11 is 0. The minimum atomic E-state index is -0.00574.